The molecule has 4 nitrogen and oxygen atoms in total. The second kappa shape index (κ2) is 8.63. The molecular weight excluding hydrogens is 250 g/mol. The van der Waals surface area contributed by atoms with Gasteiger partial charge in [0.15, 0.2) is 0 Å². The number of hydrogen-bond donors (Lipinski definition) is 1. The third-order valence-corrected chi connectivity index (χ3v) is 4.06. The van der Waals surface area contributed by atoms with E-state index in [1.54, 1.807) is 0 Å². The highest BCUT2D eigenvalue weighted by Crippen LogP contribution is 2.16. The van der Waals surface area contributed by atoms with Crippen LogP contribution in [0, 0.1) is 5.41 Å². The molecule has 4 heteroatoms. The van der Waals surface area contributed by atoms with Gasteiger partial charge in [-0.1, -0.05) is 33.6 Å². The van der Waals surface area contributed by atoms with Crippen molar-refractivity contribution in [1.82, 2.24) is 9.80 Å². The molecule has 1 heterocycles. The molecule has 1 aliphatic heterocycles. The van der Waals surface area contributed by atoms with Crippen LogP contribution in [0.1, 0.15) is 52.9 Å². The zero-order valence-electron chi connectivity index (χ0n) is 13.7. The van der Waals surface area contributed by atoms with Crippen LogP contribution in [-0.2, 0) is 4.79 Å². The molecule has 0 aromatic heterocycles. The Labute approximate surface area is 124 Å². The Morgan fingerprint density at radius 2 is 1.80 bits per heavy atom. The van der Waals surface area contributed by atoms with Crippen LogP contribution >= 0.6 is 0 Å². The van der Waals surface area contributed by atoms with Crippen LogP contribution in [0.25, 0.3) is 0 Å². The van der Waals surface area contributed by atoms with E-state index >= 15 is 0 Å². The summed E-state index contributed by atoms with van der Waals surface area (Å²) in [5, 5.41) is 0. The molecule has 1 saturated heterocycles. The predicted octanol–water partition coefficient (Wildman–Crippen LogP) is 2.09. The first kappa shape index (κ1) is 17.4. The van der Waals surface area contributed by atoms with Gasteiger partial charge in [0.1, 0.15) is 0 Å². The van der Waals surface area contributed by atoms with E-state index in [2.05, 4.69) is 30.6 Å². The van der Waals surface area contributed by atoms with Gasteiger partial charge in [-0.3, -0.25) is 9.69 Å². The molecule has 0 unspecified atom stereocenters. The number of rotatable bonds is 7. The first-order chi connectivity index (χ1) is 9.48. The van der Waals surface area contributed by atoms with Gasteiger partial charge in [-0.2, -0.15) is 0 Å². The largest absolute Gasteiger partial charge is 0.342 e. The maximum atomic E-state index is 12.5. The maximum absolute atomic E-state index is 12.5. The molecule has 0 spiro atoms. The average Bonchev–Trinajstić information content (AvgIpc) is 2.67. The highest BCUT2D eigenvalue weighted by atomic mass is 16.2. The van der Waals surface area contributed by atoms with Crippen molar-refractivity contribution in [3.8, 4) is 0 Å². The highest BCUT2D eigenvalue weighted by molar-refractivity contribution is 5.78. The standard InChI is InChI=1S/C16H33N3O/c1-4-9-18(14-16(2,3)13-17)12-15(20)19-10-7-5-6-8-11-19/h4-14,17H2,1-3H3. The Morgan fingerprint density at radius 1 is 1.20 bits per heavy atom. The van der Waals surface area contributed by atoms with Gasteiger partial charge in [0, 0.05) is 19.6 Å². The second-order valence-electron chi connectivity index (χ2n) is 6.87. The highest BCUT2D eigenvalue weighted by Gasteiger charge is 2.23. The molecule has 0 saturated carbocycles. The second-order valence-corrected chi connectivity index (χ2v) is 6.87. The molecule has 0 bridgehead atoms. The van der Waals surface area contributed by atoms with Crippen molar-refractivity contribution in [1.29, 1.82) is 0 Å². The number of nitrogens with two attached hydrogens (primary N) is 1. The minimum atomic E-state index is 0.0776. The van der Waals surface area contributed by atoms with E-state index in [-0.39, 0.29) is 5.41 Å². The zero-order valence-corrected chi connectivity index (χ0v) is 13.7. The molecule has 118 valence electrons. The quantitative estimate of drug-likeness (QED) is 0.778. The number of hydrogen-bond acceptors (Lipinski definition) is 3. The van der Waals surface area contributed by atoms with Gasteiger partial charge < -0.3 is 10.6 Å². The molecule has 0 atom stereocenters. The third kappa shape index (κ3) is 6.23. The lowest BCUT2D eigenvalue weighted by molar-refractivity contribution is -0.132. The van der Waals surface area contributed by atoms with Gasteiger partial charge in [-0.15, -0.1) is 0 Å². The fourth-order valence-corrected chi connectivity index (χ4v) is 2.81. The van der Waals surface area contributed by atoms with Crippen LogP contribution in [0.5, 0.6) is 0 Å². The maximum Gasteiger partial charge on any atom is 0.236 e. The first-order valence-electron chi connectivity index (χ1n) is 8.18. The van der Waals surface area contributed by atoms with Crippen molar-refractivity contribution in [2.45, 2.75) is 52.9 Å². The summed E-state index contributed by atoms with van der Waals surface area (Å²) < 4.78 is 0. The van der Waals surface area contributed by atoms with Gasteiger partial charge >= 0.3 is 0 Å². The van der Waals surface area contributed by atoms with Crippen LogP contribution in [0.3, 0.4) is 0 Å². The number of nitrogens with zero attached hydrogens (tertiary/aromatic N) is 2. The molecule has 0 radical (unpaired) electrons. The van der Waals surface area contributed by atoms with E-state index < -0.39 is 0 Å². The van der Waals surface area contributed by atoms with Crippen molar-refractivity contribution in [3.63, 3.8) is 0 Å². The van der Waals surface area contributed by atoms with Gasteiger partial charge in [0.25, 0.3) is 0 Å². The summed E-state index contributed by atoms with van der Waals surface area (Å²) in [4.78, 5) is 16.8. The van der Waals surface area contributed by atoms with Crippen LogP contribution in [0.15, 0.2) is 0 Å². The molecule has 1 fully saturated rings. The SMILES string of the molecule is CCCN(CC(=O)N1CCCCCC1)CC(C)(C)CN. The van der Waals surface area contributed by atoms with Crippen LogP contribution in [0.4, 0.5) is 0 Å². The summed E-state index contributed by atoms with van der Waals surface area (Å²) >= 11 is 0. The monoisotopic (exact) mass is 283 g/mol. The Balaban J connectivity index is 2.52. The van der Waals surface area contributed by atoms with Crippen molar-refractivity contribution < 1.29 is 4.79 Å². The summed E-state index contributed by atoms with van der Waals surface area (Å²) in [5.41, 5.74) is 5.90. The lowest BCUT2D eigenvalue weighted by atomic mass is 9.93. The molecule has 0 aromatic rings. The Hall–Kier alpha value is -0.610. The van der Waals surface area contributed by atoms with Gasteiger partial charge in [-0.05, 0) is 37.8 Å². The molecule has 1 rings (SSSR count). The van der Waals surface area contributed by atoms with Crippen LogP contribution < -0.4 is 5.73 Å². The number of amides is 1. The molecule has 1 aliphatic rings. The van der Waals surface area contributed by atoms with E-state index in [0.717, 1.165) is 45.4 Å². The summed E-state index contributed by atoms with van der Waals surface area (Å²) in [5.74, 6) is 0.299. The lowest BCUT2D eigenvalue weighted by Crippen LogP contribution is -2.45. The Bertz CT molecular complexity index is 283. The number of carbonyl (C=O) groups excluding carboxylic acids is 1. The molecule has 0 aliphatic carbocycles. The fourth-order valence-electron chi connectivity index (χ4n) is 2.81. The predicted molar refractivity (Wildman–Crippen MR) is 84.6 cm³/mol. The molecule has 0 aromatic carbocycles. The number of likely N-dealkylation sites (tertiary alicyclic amines) is 1. The molecule has 2 N–H and O–H groups in total. The first-order valence-corrected chi connectivity index (χ1v) is 8.18. The summed E-state index contributed by atoms with van der Waals surface area (Å²) in [6, 6.07) is 0. The number of carbonyl (C=O) groups is 1. The van der Waals surface area contributed by atoms with Crippen molar-refractivity contribution >= 4 is 5.91 Å². The minimum absolute atomic E-state index is 0.0776. The van der Waals surface area contributed by atoms with E-state index in [9.17, 15) is 4.79 Å². The van der Waals surface area contributed by atoms with Gasteiger partial charge in [0.2, 0.25) is 5.91 Å². The summed E-state index contributed by atoms with van der Waals surface area (Å²) in [7, 11) is 0. The Morgan fingerprint density at radius 3 is 2.30 bits per heavy atom. The van der Waals surface area contributed by atoms with Crippen LogP contribution in [0.2, 0.25) is 0 Å². The van der Waals surface area contributed by atoms with Gasteiger partial charge in [-0.25, -0.2) is 0 Å². The van der Waals surface area contributed by atoms with E-state index in [1.165, 1.54) is 12.8 Å². The zero-order chi connectivity index (χ0) is 15.0. The minimum Gasteiger partial charge on any atom is -0.342 e. The van der Waals surface area contributed by atoms with Crippen molar-refractivity contribution in [2.24, 2.45) is 11.1 Å². The average molecular weight is 283 g/mol. The normalized spacial score (nSPS) is 17.4. The van der Waals surface area contributed by atoms with E-state index in [1.807, 2.05) is 0 Å². The summed E-state index contributed by atoms with van der Waals surface area (Å²) in [6.45, 7) is 11.5. The van der Waals surface area contributed by atoms with E-state index in [0.29, 0.717) is 19.0 Å². The topological polar surface area (TPSA) is 49.6 Å². The van der Waals surface area contributed by atoms with Gasteiger partial charge in [0.05, 0.1) is 6.54 Å². The van der Waals surface area contributed by atoms with Crippen LogP contribution in [-0.4, -0.2) is 55.0 Å². The third-order valence-electron chi connectivity index (χ3n) is 4.06. The summed E-state index contributed by atoms with van der Waals surface area (Å²) in [6.07, 6.45) is 5.93. The molecule has 20 heavy (non-hydrogen) atoms. The smallest absolute Gasteiger partial charge is 0.236 e. The van der Waals surface area contributed by atoms with E-state index in [4.69, 9.17) is 5.73 Å². The van der Waals surface area contributed by atoms with Crippen molar-refractivity contribution in [2.75, 3.05) is 39.3 Å². The fraction of sp³-hybridized carbons (Fsp3) is 0.938. The lowest BCUT2D eigenvalue weighted by Gasteiger charge is -2.32. The molecule has 1 amide bonds. The Kier molecular flexibility index (Phi) is 7.52. The van der Waals surface area contributed by atoms with Crippen molar-refractivity contribution in [3.05, 3.63) is 0 Å². The molecular formula is C16H33N3O.